The fourth-order valence-corrected chi connectivity index (χ4v) is 3.59. The first-order valence-corrected chi connectivity index (χ1v) is 9.29. The molecule has 7 nitrogen and oxygen atoms in total. The predicted octanol–water partition coefficient (Wildman–Crippen LogP) is 2.04. The molecule has 1 N–H and O–H groups in total. The van der Waals surface area contributed by atoms with Crippen LogP contribution in [0.4, 0.5) is 0 Å². The second kappa shape index (κ2) is 8.79. The van der Waals surface area contributed by atoms with E-state index in [0.29, 0.717) is 5.92 Å². The van der Waals surface area contributed by atoms with E-state index >= 15 is 0 Å². The molecular formula is C20H29N5O2. The molecule has 7 heteroatoms. The van der Waals surface area contributed by atoms with Crippen molar-refractivity contribution in [3.63, 3.8) is 0 Å². The quantitative estimate of drug-likeness (QED) is 0.622. The Labute approximate surface area is 161 Å². The molecule has 1 atom stereocenters. The molecule has 0 saturated carbocycles. The van der Waals surface area contributed by atoms with E-state index in [9.17, 15) is 0 Å². The Hall–Kier alpha value is -2.70. The Morgan fingerprint density at radius 1 is 1.33 bits per heavy atom. The number of nitrogens with one attached hydrogen (secondary N) is 1. The molecule has 0 aliphatic carbocycles. The number of aryl methyl sites for hydroxylation is 1. The van der Waals surface area contributed by atoms with Crippen molar-refractivity contribution in [3.05, 3.63) is 41.7 Å². The molecule has 2 aromatic rings. The van der Waals surface area contributed by atoms with Crippen LogP contribution in [0.1, 0.15) is 23.5 Å². The molecule has 0 amide bonds. The highest BCUT2D eigenvalue weighted by Crippen LogP contribution is 2.27. The summed E-state index contributed by atoms with van der Waals surface area (Å²) in [7, 11) is 7.17. The Morgan fingerprint density at radius 2 is 2.19 bits per heavy atom. The van der Waals surface area contributed by atoms with Crippen molar-refractivity contribution < 1.29 is 9.47 Å². The van der Waals surface area contributed by atoms with Gasteiger partial charge in [0.25, 0.3) is 0 Å². The van der Waals surface area contributed by atoms with Gasteiger partial charge in [-0.3, -0.25) is 9.67 Å². The maximum absolute atomic E-state index is 5.46. The fraction of sp³-hybridized carbons (Fsp3) is 0.500. The number of hydrogen-bond acceptors (Lipinski definition) is 4. The number of aromatic nitrogens is 2. The average molecular weight is 371 g/mol. The number of methoxy groups -OCH3 is 2. The van der Waals surface area contributed by atoms with Crippen molar-refractivity contribution in [1.29, 1.82) is 0 Å². The lowest BCUT2D eigenvalue weighted by Gasteiger charge is -2.22. The largest absolute Gasteiger partial charge is 0.497 e. The van der Waals surface area contributed by atoms with Crippen molar-refractivity contribution in [1.82, 2.24) is 20.0 Å². The number of hydrogen-bond donors (Lipinski definition) is 1. The highest BCUT2D eigenvalue weighted by Gasteiger charge is 2.26. The monoisotopic (exact) mass is 371 g/mol. The van der Waals surface area contributed by atoms with E-state index in [1.807, 2.05) is 43.2 Å². The van der Waals surface area contributed by atoms with Gasteiger partial charge in [-0.2, -0.15) is 5.10 Å². The molecule has 0 bridgehead atoms. The summed E-state index contributed by atoms with van der Waals surface area (Å²) in [5, 5.41) is 7.78. The molecule has 2 heterocycles. The summed E-state index contributed by atoms with van der Waals surface area (Å²) in [4.78, 5) is 6.79. The van der Waals surface area contributed by atoms with Crippen molar-refractivity contribution in [2.45, 2.75) is 18.8 Å². The number of guanidine groups is 1. The molecule has 146 valence electrons. The van der Waals surface area contributed by atoms with Gasteiger partial charge in [-0.1, -0.05) is 0 Å². The van der Waals surface area contributed by atoms with E-state index in [4.69, 9.17) is 9.47 Å². The summed E-state index contributed by atoms with van der Waals surface area (Å²) in [6.07, 6.45) is 6.04. The molecule has 1 aromatic carbocycles. The Morgan fingerprint density at radius 3 is 2.85 bits per heavy atom. The average Bonchev–Trinajstić information content (AvgIpc) is 3.34. The fourth-order valence-electron chi connectivity index (χ4n) is 3.59. The van der Waals surface area contributed by atoms with Crippen LogP contribution >= 0.6 is 0 Å². The standard InChI is InChI=1S/C20H29N5O2/c1-21-20(25-10-8-16(14-25)17-12-23-24(2)13-17)22-9-7-15-11-18(26-3)5-6-19(15)27-4/h5-6,11-13,16H,7-10,14H2,1-4H3,(H,21,22). The minimum atomic E-state index is 0.510. The highest BCUT2D eigenvalue weighted by atomic mass is 16.5. The zero-order valence-electron chi connectivity index (χ0n) is 16.6. The molecule has 1 saturated heterocycles. The predicted molar refractivity (Wildman–Crippen MR) is 107 cm³/mol. The zero-order valence-corrected chi connectivity index (χ0v) is 16.6. The Kier molecular flexibility index (Phi) is 6.21. The number of aliphatic imine (C=N–C) groups is 1. The van der Waals surface area contributed by atoms with Gasteiger partial charge in [0.1, 0.15) is 11.5 Å². The summed E-state index contributed by atoms with van der Waals surface area (Å²) in [5.74, 6) is 3.18. The Bertz CT molecular complexity index is 786. The maximum Gasteiger partial charge on any atom is 0.193 e. The number of likely N-dealkylation sites (tertiary alicyclic amines) is 1. The van der Waals surface area contributed by atoms with Crippen molar-refractivity contribution in [2.75, 3.05) is 40.9 Å². The van der Waals surface area contributed by atoms with E-state index in [1.54, 1.807) is 14.2 Å². The van der Waals surface area contributed by atoms with Crippen LogP contribution in [0.15, 0.2) is 35.6 Å². The summed E-state index contributed by atoms with van der Waals surface area (Å²) in [6.45, 7) is 2.75. The van der Waals surface area contributed by atoms with Crippen LogP contribution in [-0.4, -0.2) is 61.5 Å². The minimum absolute atomic E-state index is 0.510. The van der Waals surface area contributed by atoms with Crippen LogP contribution in [0.2, 0.25) is 0 Å². The first-order chi connectivity index (χ1) is 13.1. The zero-order chi connectivity index (χ0) is 19.2. The summed E-state index contributed by atoms with van der Waals surface area (Å²) in [6, 6.07) is 5.89. The van der Waals surface area contributed by atoms with Gasteiger partial charge in [0.05, 0.1) is 20.4 Å². The van der Waals surface area contributed by atoms with E-state index < -0.39 is 0 Å². The van der Waals surface area contributed by atoms with Crippen molar-refractivity contribution in [2.24, 2.45) is 12.0 Å². The topological polar surface area (TPSA) is 63.9 Å². The molecule has 0 radical (unpaired) electrons. The third kappa shape index (κ3) is 4.53. The maximum atomic E-state index is 5.46. The lowest BCUT2D eigenvalue weighted by Crippen LogP contribution is -2.40. The van der Waals surface area contributed by atoms with Crippen LogP contribution in [0.25, 0.3) is 0 Å². The molecule has 3 rings (SSSR count). The third-order valence-corrected chi connectivity index (χ3v) is 5.06. The molecule has 1 aliphatic heterocycles. The molecule has 27 heavy (non-hydrogen) atoms. The summed E-state index contributed by atoms with van der Waals surface area (Å²) in [5.41, 5.74) is 2.42. The van der Waals surface area contributed by atoms with Crippen LogP contribution in [0.5, 0.6) is 11.5 Å². The minimum Gasteiger partial charge on any atom is -0.497 e. The number of nitrogens with zero attached hydrogens (tertiary/aromatic N) is 4. The van der Waals surface area contributed by atoms with Crippen molar-refractivity contribution in [3.8, 4) is 11.5 Å². The second-order valence-corrected chi connectivity index (χ2v) is 6.78. The van der Waals surface area contributed by atoms with E-state index in [2.05, 4.69) is 26.5 Å². The molecule has 0 spiro atoms. The molecule has 1 unspecified atom stereocenters. The molecule has 1 aromatic heterocycles. The van der Waals surface area contributed by atoms with Gasteiger partial charge in [-0.15, -0.1) is 0 Å². The third-order valence-electron chi connectivity index (χ3n) is 5.06. The molecular weight excluding hydrogens is 342 g/mol. The number of rotatable bonds is 6. The van der Waals surface area contributed by atoms with Gasteiger partial charge in [0.2, 0.25) is 0 Å². The summed E-state index contributed by atoms with van der Waals surface area (Å²) < 4.78 is 12.7. The lowest BCUT2D eigenvalue weighted by molar-refractivity contribution is 0.398. The second-order valence-electron chi connectivity index (χ2n) is 6.78. The Balaban J connectivity index is 1.56. The number of benzene rings is 1. The molecule has 1 aliphatic rings. The smallest absolute Gasteiger partial charge is 0.193 e. The van der Waals surface area contributed by atoms with Crippen LogP contribution in [-0.2, 0) is 13.5 Å². The van der Waals surface area contributed by atoms with Crippen molar-refractivity contribution >= 4 is 5.96 Å². The van der Waals surface area contributed by atoms with E-state index in [0.717, 1.165) is 55.5 Å². The van der Waals surface area contributed by atoms with Crippen LogP contribution < -0.4 is 14.8 Å². The van der Waals surface area contributed by atoms with Crippen LogP contribution in [0, 0.1) is 0 Å². The highest BCUT2D eigenvalue weighted by molar-refractivity contribution is 5.80. The van der Waals surface area contributed by atoms with Crippen LogP contribution in [0.3, 0.4) is 0 Å². The first-order valence-electron chi connectivity index (χ1n) is 9.29. The SMILES string of the molecule is CN=C(NCCc1cc(OC)ccc1OC)N1CCC(c2cnn(C)c2)C1. The molecule has 1 fully saturated rings. The van der Waals surface area contributed by atoms with E-state index in [-0.39, 0.29) is 0 Å². The lowest BCUT2D eigenvalue weighted by atomic mass is 10.0. The number of ether oxygens (including phenoxy) is 2. The van der Waals surface area contributed by atoms with Gasteiger partial charge in [-0.05, 0) is 42.2 Å². The van der Waals surface area contributed by atoms with Gasteiger partial charge < -0.3 is 19.7 Å². The first kappa shape index (κ1) is 19.1. The van der Waals surface area contributed by atoms with Gasteiger partial charge >= 0.3 is 0 Å². The van der Waals surface area contributed by atoms with Gasteiger partial charge in [0, 0.05) is 45.8 Å². The summed E-state index contributed by atoms with van der Waals surface area (Å²) >= 11 is 0. The van der Waals surface area contributed by atoms with Gasteiger partial charge in [0.15, 0.2) is 5.96 Å². The normalized spacial score (nSPS) is 17.3. The van der Waals surface area contributed by atoms with Gasteiger partial charge in [-0.25, -0.2) is 0 Å². The van der Waals surface area contributed by atoms with E-state index in [1.165, 1.54) is 5.56 Å².